The number of carbonyl (C=O) groups is 5. The van der Waals surface area contributed by atoms with Crippen molar-refractivity contribution in [2.45, 2.75) is 58.4 Å². The molecule has 0 bridgehead atoms. The molecule has 0 radical (unpaired) electrons. The average Bonchev–Trinajstić information content (AvgIpc) is 3.40. The zero-order valence-electron chi connectivity index (χ0n) is 29.0. The Morgan fingerprint density at radius 1 is 1.06 bits per heavy atom. The lowest BCUT2D eigenvalue weighted by Gasteiger charge is -2.31. The van der Waals surface area contributed by atoms with Gasteiger partial charge < -0.3 is 35.7 Å². The number of hydrogen-bond donors (Lipinski definition) is 4. The van der Waals surface area contributed by atoms with Crippen LogP contribution >= 0.6 is 0 Å². The van der Waals surface area contributed by atoms with Gasteiger partial charge in [0, 0.05) is 37.6 Å². The van der Waals surface area contributed by atoms with Crippen molar-refractivity contribution in [3.8, 4) is 28.5 Å². The third-order valence-corrected chi connectivity index (χ3v) is 8.82. The average molecular weight is 701 g/mol. The number of aromatic hydroxyl groups is 1. The lowest BCUT2D eigenvalue weighted by Crippen LogP contribution is -2.41. The first-order valence-electron chi connectivity index (χ1n) is 16.8. The summed E-state index contributed by atoms with van der Waals surface area (Å²) in [4.78, 5) is 59.6. The molecule has 1 aliphatic heterocycles. The monoisotopic (exact) mass is 700 g/mol. The number of nitrogens with one attached hydrogen (secondary N) is 2. The molecule has 51 heavy (non-hydrogen) atoms. The number of nitrogens with zero attached hydrogens (tertiary/aromatic N) is 3. The van der Waals surface area contributed by atoms with Gasteiger partial charge in [0.15, 0.2) is 11.6 Å². The summed E-state index contributed by atoms with van der Waals surface area (Å²) in [5.41, 5.74) is 9.82. The van der Waals surface area contributed by atoms with Crippen molar-refractivity contribution in [1.82, 2.24) is 25.7 Å². The number of benzene rings is 2. The number of rotatable bonds is 17. The third-order valence-electron chi connectivity index (χ3n) is 8.82. The molecule has 4 amide bonds. The van der Waals surface area contributed by atoms with Crippen LogP contribution in [0.2, 0.25) is 0 Å². The number of phenols is 1. The Morgan fingerprint density at radius 3 is 2.51 bits per heavy atom. The fourth-order valence-corrected chi connectivity index (χ4v) is 5.73. The molecule has 3 aromatic rings. The summed E-state index contributed by atoms with van der Waals surface area (Å²) < 4.78 is 11.5. The predicted molar refractivity (Wildman–Crippen MR) is 189 cm³/mol. The van der Waals surface area contributed by atoms with E-state index in [0.717, 1.165) is 30.6 Å². The van der Waals surface area contributed by atoms with E-state index in [4.69, 9.17) is 15.2 Å². The van der Waals surface area contributed by atoms with Gasteiger partial charge in [0.1, 0.15) is 23.5 Å². The van der Waals surface area contributed by atoms with E-state index in [2.05, 4.69) is 27.8 Å². The summed E-state index contributed by atoms with van der Waals surface area (Å²) in [6.45, 7) is 5.65. The summed E-state index contributed by atoms with van der Waals surface area (Å²) in [6.07, 6.45) is 5.18. The standard InChI is InChI=1S/C19H24N2O5.C18H20N4O3/c1-3-4-5-11-26-15-8-6-7-14-17(15)19(25)21(18(14)24)13(12-22)9-10-16(23)20-2;1-11-12(8-20-10-23)6-13(11)9-25-17-7-15(21-22-18(17)19)14-4-2-3-5-16(14)24/h6-8,12-13H,3-5,9-11H2,1-2H3,(H,20,23);2-5,7,10,13,24H,6,8-9H2,1H3,(H2,19,22)(H,20,23). The zero-order chi connectivity index (χ0) is 36.9. The minimum Gasteiger partial charge on any atom is -0.507 e. The SMILES string of the molecule is CC1=C(CNC=O)CC1COc1cc(-c2ccccc2O)nnc1N.CCCCCOc1cccc2c1C(=O)N(C(C=O)CCC(=O)NC)C2=O. The summed E-state index contributed by atoms with van der Waals surface area (Å²) in [6, 6.07) is 12.5. The van der Waals surface area contributed by atoms with Crippen molar-refractivity contribution < 1.29 is 38.6 Å². The number of phenolic OH excluding ortho intramolecular Hbond substituents is 1. The van der Waals surface area contributed by atoms with Gasteiger partial charge in [0.25, 0.3) is 11.8 Å². The number of nitrogens with two attached hydrogens (primary N) is 1. The van der Waals surface area contributed by atoms with Crippen LogP contribution in [0.1, 0.15) is 73.1 Å². The lowest BCUT2D eigenvalue weighted by atomic mass is 9.79. The highest BCUT2D eigenvalue weighted by Crippen LogP contribution is 2.36. The maximum atomic E-state index is 12.8. The second-order valence-electron chi connectivity index (χ2n) is 12.1. The van der Waals surface area contributed by atoms with Crippen LogP contribution in [-0.4, -0.2) is 83.5 Å². The van der Waals surface area contributed by atoms with Crippen LogP contribution < -0.4 is 25.8 Å². The van der Waals surface area contributed by atoms with Gasteiger partial charge >= 0.3 is 0 Å². The number of imide groups is 1. The Balaban J connectivity index is 0.000000229. The predicted octanol–water partition coefficient (Wildman–Crippen LogP) is 3.84. The molecule has 2 unspecified atom stereocenters. The zero-order valence-corrected chi connectivity index (χ0v) is 29.0. The number of aromatic nitrogens is 2. The van der Waals surface area contributed by atoms with Gasteiger partial charge in [-0.3, -0.25) is 24.1 Å². The smallest absolute Gasteiger partial charge is 0.265 e. The van der Waals surface area contributed by atoms with Crippen LogP contribution in [0.15, 0.2) is 59.7 Å². The van der Waals surface area contributed by atoms with E-state index in [1.54, 1.807) is 42.5 Å². The summed E-state index contributed by atoms with van der Waals surface area (Å²) in [5, 5.41) is 23.0. The first kappa shape index (κ1) is 38.0. The molecule has 1 aromatic heterocycles. The largest absolute Gasteiger partial charge is 0.507 e. The molecule has 2 aliphatic rings. The minimum atomic E-state index is -0.979. The molecule has 14 heteroatoms. The molecule has 0 spiro atoms. The number of anilines is 1. The van der Waals surface area contributed by atoms with Gasteiger partial charge in [-0.2, -0.15) is 0 Å². The van der Waals surface area contributed by atoms with Crippen LogP contribution in [0.5, 0.6) is 17.2 Å². The van der Waals surface area contributed by atoms with Gasteiger partial charge in [0.05, 0.1) is 30.4 Å². The second-order valence-corrected chi connectivity index (χ2v) is 12.1. The van der Waals surface area contributed by atoms with E-state index in [9.17, 15) is 29.1 Å². The molecule has 5 rings (SSSR count). The molecule has 14 nitrogen and oxygen atoms in total. The van der Waals surface area contributed by atoms with Crippen molar-refractivity contribution in [1.29, 1.82) is 0 Å². The van der Waals surface area contributed by atoms with Crippen molar-refractivity contribution in [2.24, 2.45) is 5.92 Å². The molecule has 1 aliphatic carbocycles. The van der Waals surface area contributed by atoms with E-state index in [1.165, 1.54) is 18.2 Å². The van der Waals surface area contributed by atoms with Gasteiger partial charge in [-0.15, -0.1) is 10.2 Å². The van der Waals surface area contributed by atoms with E-state index >= 15 is 0 Å². The van der Waals surface area contributed by atoms with E-state index in [-0.39, 0.29) is 41.4 Å². The van der Waals surface area contributed by atoms with Crippen molar-refractivity contribution in [2.75, 3.05) is 32.5 Å². The molecule has 0 fully saturated rings. The normalized spacial score (nSPS) is 15.2. The summed E-state index contributed by atoms with van der Waals surface area (Å²) >= 11 is 0. The first-order valence-corrected chi connectivity index (χ1v) is 16.8. The third kappa shape index (κ3) is 9.26. The van der Waals surface area contributed by atoms with Crippen molar-refractivity contribution >= 4 is 36.2 Å². The quantitative estimate of drug-likeness (QED) is 0.0690. The topological polar surface area (TPSA) is 203 Å². The van der Waals surface area contributed by atoms with E-state index in [1.807, 2.05) is 13.0 Å². The molecular formula is C37H44N6O8. The summed E-state index contributed by atoms with van der Waals surface area (Å²) in [5.74, 6) is 0.0950. The van der Waals surface area contributed by atoms with Crippen LogP contribution in [0.25, 0.3) is 11.3 Å². The van der Waals surface area contributed by atoms with Crippen LogP contribution in [-0.2, 0) is 14.4 Å². The van der Waals surface area contributed by atoms with Gasteiger partial charge in [-0.25, -0.2) is 0 Å². The van der Waals surface area contributed by atoms with Crippen LogP contribution in [0.4, 0.5) is 5.82 Å². The van der Waals surface area contributed by atoms with Crippen molar-refractivity contribution in [3.05, 3.63) is 70.8 Å². The number of ether oxygens (including phenoxy) is 2. The molecule has 5 N–H and O–H groups in total. The Morgan fingerprint density at radius 2 is 1.82 bits per heavy atom. The highest BCUT2D eigenvalue weighted by molar-refractivity contribution is 6.23. The van der Waals surface area contributed by atoms with Gasteiger partial charge in [0.2, 0.25) is 12.3 Å². The minimum absolute atomic E-state index is 0.0493. The highest BCUT2D eigenvalue weighted by atomic mass is 16.5. The fraction of sp³-hybridized carbons (Fsp3) is 0.378. The number of aldehydes is 1. The van der Waals surface area contributed by atoms with Crippen LogP contribution in [0.3, 0.4) is 0 Å². The highest BCUT2D eigenvalue weighted by Gasteiger charge is 2.42. The molecule has 2 atom stereocenters. The number of fused-ring (bicyclic) bond motifs is 1. The number of hydrogen-bond acceptors (Lipinski definition) is 11. The van der Waals surface area contributed by atoms with E-state index < -0.39 is 17.9 Å². The second kappa shape index (κ2) is 18.3. The number of carbonyl (C=O) groups excluding carboxylic acids is 5. The fourth-order valence-electron chi connectivity index (χ4n) is 5.73. The Kier molecular flexibility index (Phi) is 13.6. The van der Waals surface area contributed by atoms with Gasteiger partial charge in [-0.1, -0.05) is 49.1 Å². The lowest BCUT2D eigenvalue weighted by molar-refractivity contribution is -0.121. The molecular weight excluding hydrogens is 656 g/mol. The van der Waals surface area contributed by atoms with Crippen LogP contribution in [0, 0.1) is 5.92 Å². The first-order chi connectivity index (χ1) is 24.6. The maximum Gasteiger partial charge on any atom is 0.265 e. The van der Waals surface area contributed by atoms with E-state index in [0.29, 0.717) is 61.1 Å². The molecule has 2 aromatic carbocycles. The number of unbranched alkanes of at least 4 members (excludes halogenated alkanes) is 2. The van der Waals surface area contributed by atoms with Crippen molar-refractivity contribution in [3.63, 3.8) is 0 Å². The number of amides is 4. The summed E-state index contributed by atoms with van der Waals surface area (Å²) in [7, 11) is 1.49. The Labute approximate surface area is 296 Å². The van der Waals surface area contributed by atoms with Gasteiger partial charge in [-0.05, 0) is 50.5 Å². The number of para-hydroxylation sites is 1. The number of nitrogen functional groups attached to an aromatic ring is 1. The maximum absolute atomic E-state index is 12.8. The Hall–Kier alpha value is -5.79. The molecule has 0 saturated carbocycles. The Bertz CT molecular complexity index is 1780. The molecule has 0 saturated heterocycles. The molecule has 270 valence electrons. The molecule has 2 heterocycles.